The zero-order chi connectivity index (χ0) is 24.0. The summed E-state index contributed by atoms with van der Waals surface area (Å²) in [7, 11) is -1.06. The van der Waals surface area contributed by atoms with Crippen LogP contribution in [0, 0.1) is 0 Å². The smallest absolute Gasteiger partial charge is 0.271 e. The molecule has 3 aromatic carbocycles. The van der Waals surface area contributed by atoms with E-state index in [1.54, 1.807) is 43.3 Å². The number of hydrogen-bond donors (Lipinski definition) is 3. The second-order valence-corrected chi connectivity index (χ2v) is 8.54. The molecule has 0 heterocycles. The lowest BCUT2D eigenvalue weighted by Gasteiger charge is -2.12. The van der Waals surface area contributed by atoms with E-state index < -0.39 is 15.9 Å². The van der Waals surface area contributed by atoms with Gasteiger partial charge in [-0.2, -0.15) is 5.10 Å². The van der Waals surface area contributed by atoms with Crippen molar-refractivity contribution >= 4 is 27.3 Å². The quantitative estimate of drug-likeness (QED) is 0.343. The highest BCUT2D eigenvalue weighted by atomic mass is 32.2. The number of phenols is 1. The van der Waals surface area contributed by atoms with E-state index in [1.807, 2.05) is 0 Å². The van der Waals surface area contributed by atoms with Crippen LogP contribution in [0.4, 0.5) is 5.69 Å². The maximum absolute atomic E-state index is 12.8. The molecule has 0 saturated carbocycles. The standard InChI is InChI=1S/C23H23N3O6S/c1-15(19-12-11-17(31-2)14-21(19)27)24-25-23(28)16-7-6-8-18(13-16)33(29,30)26-20-9-4-5-10-22(20)32-3/h4-14,26-27H,1-3H3,(H,25,28)/b24-15+. The number of sulfonamides is 1. The fourth-order valence-corrected chi connectivity index (χ4v) is 4.06. The Balaban J connectivity index is 1.78. The molecular formula is C23H23N3O6S. The molecule has 1 amide bonds. The van der Waals surface area contributed by atoms with Crippen molar-refractivity contribution in [3.8, 4) is 17.2 Å². The molecule has 0 unspecified atom stereocenters. The first kappa shape index (κ1) is 23.6. The average Bonchev–Trinajstić information content (AvgIpc) is 2.82. The van der Waals surface area contributed by atoms with Crippen molar-refractivity contribution in [2.24, 2.45) is 5.10 Å². The van der Waals surface area contributed by atoms with Crippen molar-refractivity contribution in [1.82, 2.24) is 5.43 Å². The van der Waals surface area contributed by atoms with E-state index in [1.165, 1.54) is 44.6 Å². The Morgan fingerprint density at radius 1 is 0.970 bits per heavy atom. The highest BCUT2D eigenvalue weighted by molar-refractivity contribution is 7.92. The van der Waals surface area contributed by atoms with E-state index in [-0.39, 0.29) is 21.9 Å². The number of hydrogen-bond acceptors (Lipinski definition) is 7. The summed E-state index contributed by atoms with van der Waals surface area (Å²) < 4.78 is 38.3. The van der Waals surface area contributed by atoms with Gasteiger partial charge in [0, 0.05) is 17.2 Å². The van der Waals surface area contributed by atoms with Gasteiger partial charge in [0.25, 0.3) is 15.9 Å². The largest absolute Gasteiger partial charge is 0.507 e. The Labute approximate surface area is 191 Å². The van der Waals surface area contributed by atoms with Crippen LogP contribution in [-0.4, -0.2) is 39.4 Å². The first-order chi connectivity index (χ1) is 15.7. The molecule has 0 bridgehead atoms. The van der Waals surface area contributed by atoms with Crippen molar-refractivity contribution in [3.63, 3.8) is 0 Å². The third-order valence-electron chi connectivity index (χ3n) is 4.68. The van der Waals surface area contributed by atoms with E-state index >= 15 is 0 Å². The van der Waals surface area contributed by atoms with E-state index in [0.29, 0.717) is 22.8 Å². The number of ether oxygens (including phenoxy) is 2. The molecule has 0 spiro atoms. The Bertz CT molecular complexity index is 1310. The molecule has 10 heteroatoms. The fraction of sp³-hybridized carbons (Fsp3) is 0.130. The predicted octanol–water partition coefficient (Wildman–Crippen LogP) is 3.36. The Kier molecular flexibility index (Phi) is 7.19. The van der Waals surface area contributed by atoms with Crippen LogP contribution in [0.3, 0.4) is 0 Å². The lowest BCUT2D eigenvalue weighted by molar-refractivity contribution is 0.0954. The first-order valence-electron chi connectivity index (χ1n) is 9.73. The lowest BCUT2D eigenvalue weighted by atomic mass is 10.1. The number of anilines is 1. The summed E-state index contributed by atoms with van der Waals surface area (Å²) in [5.41, 5.74) is 3.50. The number of amides is 1. The normalized spacial score (nSPS) is 11.5. The van der Waals surface area contributed by atoms with Gasteiger partial charge in [-0.3, -0.25) is 9.52 Å². The predicted molar refractivity (Wildman–Crippen MR) is 125 cm³/mol. The van der Waals surface area contributed by atoms with E-state index in [4.69, 9.17) is 9.47 Å². The molecule has 0 aliphatic heterocycles. The fourth-order valence-electron chi connectivity index (χ4n) is 2.94. The number of rotatable bonds is 8. The van der Waals surface area contributed by atoms with Crippen molar-refractivity contribution in [2.45, 2.75) is 11.8 Å². The minimum atomic E-state index is -3.98. The topological polar surface area (TPSA) is 126 Å². The zero-order valence-corrected chi connectivity index (χ0v) is 19.0. The number of methoxy groups -OCH3 is 2. The van der Waals surface area contributed by atoms with Crippen LogP contribution in [0.5, 0.6) is 17.2 Å². The molecule has 0 radical (unpaired) electrons. The van der Waals surface area contributed by atoms with Crippen LogP contribution in [0.2, 0.25) is 0 Å². The lowest BCUT2D eigenvalue weighted by Crippen LogP contribution is -2.20. The van der Waals surface area contributed by atoms with Crippen LogP contribution in [0.1, 0.15) is 22.8 Å². The Hall–Kier alpha value is -4.05. The van der Waals surface area contributed by atoms with Gasteiger partial charge in [-0.05, 0) is 49.4 Å². The molecule has 9 nitrogen and oxygen atoms in total. The summed E-state index contributed by atoms with van der Waals surface area (Å²) in [5.74, 6) is 0.173. The second-order valence-electron chi connectivity index (χ2n) is 6.85. The maximum atomic E-state index is 12.8. The van der Waals surface area contributed by atoms with Gasteiger partial charge in [-0.25, -0.2) is 13.8 Å². The first-order valence-corrected chi connectivity index (χ1v) is 11.2. The van der Waals surface area contributed by atoms with Gasteiger partial charge in [0.15, 0.2) is 0 Å². The van der Waals surface area contributed by atoms with Gasteiger partial charge in [-0.1, -0.05) is 18.2 Å². The summed E-state index contributed by atoms with van der Waals surface area (Å²) in [6.07, 6.45) is 0. The molecule has 3 rings (SSSR count). The minimum absolute atomic E-state index is 0.0552. The van der Waals surface area contributed by atoms with Gasteiger partial charge >= 0.3 is 0 Å². The SMILES string of the molecule is COc1ccc(/C(C)=N/NC(=O)c2cccc(S(=O)(=O)Nc3ccccc3OC)c2)c(O)c1. The number of nitrogens with zero attached hydrogens (tertiary/aromatic N) is 1. The maximum Gasteiger partial charge on any atom is 0.271 e. The van der Waals surface area contributed by atoms with Crippen LogP contribution < -0.4 is 19.6 Å². The molecule has 172 valence electrons. The van der Waals surface area contributed by atoms with E-state index in [0.717, 1.165) is 0 Å². The Morgan fingerprint density at radius 2 is 1.73 bits per heavy atom. The van der Waals surface area contributed by atoms with Gasteiger partial charge in [0.2, 0.25) is 0 Å². The van der Waals surface area contributed by atoms with Gasteiger partial charge in [-0.15, -0.1) is 0 Å². The molecule has 3 aromatic rings. The Morgan fingerprint density at radius 3 is 2.42 bits per heavy atom. The molecule has 0 atom stereocenters. The molecule has 3 N–H and O–H groups in total. The van der Waals surface area contributed by atoms with Crippen molar-refractivity contribution < 1.29 is 27.8 Å². The minimum Gasteiger partial charge on any atom is -0.507 e. The number of para-hydroxylation sites is 2. The molecule has 0 aromatic heterocycles. The third-order valence-corrected chi connectivity index (χ3v) is 6.04. The molecule has 33 heavy (non-hydrogen) atoms. The summed E-state index contributed by atoms with van der Waals surface area (Å²) in [6, 6.07) is 16.8. The number of hydrazone groups is 1. The number of carbonyl (C=O) groups excluding carboxylic acids is 1. The summed E-state index contributed by atoms with van der Waals surface area (Å²) in [5, 5.41) is 14.1. The van der Waals surface area contributed by atoms with E-state index in [2.05, 4.69) is 15.2 Å². The number of benzene rings is 3. The van der Waals surface area contributed by atoms with Crippen molar-refractivity contribution in [2.75, 3.05) is 18.9 Å². The van der Waals surface area contributed by atoms with Crippen molar-refractivity contribution in [1.29, 1.82) is 0 Å². The van der Waals surface area contributed by atoms with Crippen LogP contribution in [0.25, 0.3) is 0 Å². The molecular weight excluding hydrogens is 446 g/mol. The van der Waals surface area contributed by atoms with Gasteiger partial charge in [0.05, 0.1) is 30.5 Å². The highest BCUT2D eigenvalue weighted by Crippen LogP contribution is 2.26. The summed E-state index contributed by atoms with van der Waals surface area (Å²) in [4.78, 5) is 12.5. The number of aromatic hydroxyl groups is 1. The van der Waals surface area contributed by atoms with Crippen molar-refractivity contribution in [3.05, 3.63) is 77.9 Å². The van der Waals surface area contributed by atoms with Gasteiger partial charge < -0.3 is 14.6 Å². The number of carbonyl (C=O) groups is 1. The number of phenolic OH excluding ortho intramolecular Hbond substituents is 1. The van der Waals surface area contributed by atoms with E-state index in [9.17, 15) is 18.3 Å². The second kappa shape index (κ2) is 10.0. The monoisotopic (exact) mass is 469 g/mol. The van der Waals surface area contributed by atoms with Crippen LogP contribution in [-0.2, 0) is 10.0 Å². The third kappa shape index (κ3) is 5.60. The highest BCUT2D eigenvalue weighted by Gasteiger charge is 2.18. The average molecular weight is 470 g/mol. The zero-order valence-electron chi connectivity index (χ0n) is 18.2. The molecule has 0 aliphatic carbocycles. The van der Waals surface area contributed by atoms with Crippen LogP contribution >= 0.6 is 0 Å². The molecule has 0 fully saturated rings. The van der Waals surface area contributed by atoms with Gasteiger partial charge in [0.1, 0.15) is 17.2 Å². The summed E-state index contributed by atoms with van der Waals surface area (Å²) in [6.45, 7) is 1.61. The molecule has 0 aliphatic rings. The molecule has 0 saturated heterocycles. The van der Waals surface area contributed by atoms with Crippen LogP contribution in [0.15, 0.2) is 76.7 Å². The number of nitrogens with one attached hydrogen (secondary N) is 2. The summed E-state index contributed by atoms with van der Waals surface area (Å²) >= 11 is 0.